The molecule has 0 aliphatic carbocycles. The lowest BCUT2D eigenvalue weighted by molar-refractivity contribution is -0.107. The highest BCUT2D eigenvalue weighted by Gasteiger charge is 1.95. The minimum Gasteiger partial charge on any atom is -0.303 e. The molecule has 0 aromatic heterocycles. The lowest BCUT2D eigenvalue weighted by Crippen LogP contribution is -1.88. The molecule has 0 radical (unpaired) electrons. The molecule has 1 nitrogen and oxygen atoms in total. The van der Waals surface area contributed by atoms with Gasteiger partial charge in [0.1, 0.15) is 6.29 Å². The molecule has 0 amide bonds. The van der Waals surface area contributed by atoms with E-state index in [-0.39, 0.29) is 0 Å². The summed E-state index contributed by atoms with van der Waals surface area (Å²) < 4.78 is 1.24. The lowest BCUT2D eigenvalue weighted by atomic mass is 10.1. The van der Waals surface area contributed by atoms with Gasteiger partial charge in [0.2, 0.25) is 0 Å². The van der Waals surface area contributed by atoms with Crippen molar-refractivity contribution in [1.82, 2.24) is 0 Å². The topological polar surface area (TPSA) is 17.1 Å². The van der Waals surface area contributed by atoms with Crippen LogP contribution in [0.3, 0.4) is 0 Å². The predicted molar refractivity (Wildman–Crippen MR) is 58.3 cm³/mol. The van der Waals surface area contributed by atoms with Crippen LogP contribution in [0.25, 0.3) is 0 Å². The zero-order chi connectivity index (χ0) is 8.97. The molecule has 1 aromatic carbocycles. The molecule has 1 rings (SSSR count). The summed E-state index contributed by atoms with van der Waals surface area (Å²) in [6, 6.07) is 6.38. The van der Waals surface area contributed by atoms with E-state index in [0.717, 1.165) is 12.7 Å². The summed E-state index contributed by atoms with van der Waals surface area (Å²) in [4.78, 5) is 10.1. The van der Waals surface area contributed by atoms with E-state index in [1.54, 1.807) is 0 Å². The number of carbonyl (C=O) groups is 1. The molecule has 0 aliphatic rings. The summed E-state index contributed by atoms with van der Waals surface area (Å²) in [5.41, 5.74) is 2.52. The van der Waals surface area contributed by atoms with Crippen molar-refractivity contribution in [1.29, 1.82) is 0 Å². The van der Waals surface area contributed by atoms with Gasteiger partial charge in [0.15, 0.2) is 0 Å². The molecule has 0 N–H and O–H groups in total. The third kappa shape index (κ3) is 2.93. The van der Waals surface area contributed by atoms with Gasteiger partial charge in [-0.15, -0.1) is 0 Å². The van der Waals surface area contributed by atoms with Crippen LogP contribution >= 0.6 is 22.6 Å². The molecule has 0 bridgehead atoms. The maximum Gasteiger partial charge on any atom is 0.120 e. The van der Waals surface area contributed by atoms with Gasteiger partial charge >= 0.3 is 0 Å². The van der Waals surface area contributed by atoms with Crippen LogP contribution in [0.15, 0.2) is 18.2 Å². The summed E-state index contributed by atoms with van der Waals surface area (Å²) in [5.74, 6) is 0. The van der Waals surface area contributed by atoms with Gasteiger partial charge in [-0.25, -0.2) is 0 Å². The molecule has 12 heavy (non-hydrogen) atoms. The van der Waals surface area contributed by atoms with Crippen molar-refractivity contribution in [3.8, 4) is 0 Å². The van der Waals surface area contributed by atoms with E-state index in [9.17, 15) is 4.79 Å². The quantitative estimate of drug-likeness (QED) is 0.612. The molecule has 0 spiro atoms. The first-order valence-corrected chi connectivity index (χ1v) is 5.00. The molecule has 0 atom stereocenters. The Morgan fingerprint density at radius 2 is 2.17 bits per heavy atom. The molecule has 64 valence electrons. The largest absolute Gasteiger partial charge is 0.303 e. The highest BCUT2D eigenvalue weighted by Crippen LogP contribution is 2.12. The fourth-order valence-corrected chi connectivity index (χ4v) is 2.07. The van der Waals surface area contributed by atoms with Crippen LogP contribution in [0.4, 0.5) is 0 Å². The molecule has 0 aliphatic heterocycles. The molecule has 0 saturated carbocycles. The van der Waals surface area contributed by atoms with Crippen molar-refractivity contribution in [2.45, 2.75) is 19.8 Å². The van der Waals surface area contributed by atoms with Crippen molar-refractivity contribution >= 4 is 28.9 Å². The second kappa shape index (κ2) is 4.60. The van der Waals surface area contributed by atoms with Crippen molar-refractivity contribution < 1.29 is 4.79 Å². The van der Waals surface area contributed by atoms with Gasteiger partial charge in [0.25, 0.3) is 0 Å². The zero-order valence-corrected chi connectivity index (χ0v) is 9.17. The van der Waals surface area contributed by atoms with Crippen LogP contribution in [0.5, 0.6) is 0 Å². The van der Waals surface area contributed by atoms with Crippen LogP contribution in [-0.4, -0.2) is 6.29 Å². The first-order valence-electron chi connectivity index (χ1n) is 3.92. The number of hydrogen-bond acceptors (Lipinski definition) is 1. The Balaban J connectivity index is 2.78. The van der Waals surface area contributed by atoms with E-state index < -0.39 is 0 Å². The summed E-state index contributed by atoms with van der Waals surface area (Å²) in [5, 5.41) is 0. The summed E-state index contributed by atoms with van der Waals surface area (Å²) in [6.45, 7) is 2.08. The lowest BCUT2D eigenvalue weighted by Gasteiger charge is -2.00. The molecule has 0 saturated heterocycles. The zero-order valence-electron chi connectivity index (χ0n) is 7.01. The minimum atomic E-state index is 0.625. The van der Waals surface area contributed by atoms with Crippen molar-refractivity contribution in [3.63, 3.8) is 0 Å². The Morgan fingerprint density at radius 1 is 1.42 bits per heavy atom. The average Bonchev–Trinajstić information content (AvgIpc) is 1.99. The minimum absolute atomic E-state index is 0.625. The number of aldehydes is 1. The highest BCUT2D eigenvalue weighted by atomic mass is 127. The molecule has 0 unspecified atom stereocenters. The van der Waals surface area contributed by atoms with Gasteiger partial charge in [-0.1, -0.05) is 6.07 Å². The highest BCUT2D eigenvalue weighted by molar-refractivity contribution is 14.1. The van der Waals surface area contributed by atoms with Gasteiger partial charge in [0, 0.05) is 9.99 Å². The van der Waals surface area contributed by atoms with Crippen molar-refractivity contribution in [3.05, 3.63) is 32.9 Å². The Labute approximate surface area is 86.3 Å². The Morgan fingerprint density at radius 3 is 2.75 bits per heavy atom. The van der Waals surface area contributed by atoms with Gasteiger partial charge in [-0.05, 0) is 59.2 Å². The van der Waals surface area contributed by atoms with Crippen LogP contribution < -0.4 is 0 Å². The molecular formula is C10H11IO. The van der Waals surface area contributed by atoms with E-state index in [1.807, 2.05) is 0 Å². The van der Waals surface area contributed by atoms with Crippen molar-refractivity contribution in [2.24, 2.45) is 0 Å². The van der Waals surface area contributed by atoms with E-state index >= 15 is 0 Å². The normalized spacial score (nSPS) is 9.83. The van der Waals surface area contributed by atoms with E-state index in [2.05, 4.69) is 47.7 Å². The molecule has 0 heterocycles. The van der Waals surface area contributed by atoms with Crippen LogP contribution in [0.1, 0.15) is 17.5 Å². The SMILES string of the molecule is Cc1cc(I)cc(CCC=O)c1. The number of rotatable bonds is 3. The number of benzene rings is 1. The standard InChI is InChI=1S/C10H11IO/c1-8-5-9(3-2-4-12)7-10(11)6-8/h4-7H,2-3H2,1H3. The Kier molecular flexibility index (Phi) is 3.72. The number of aryl methyl sites for hydroxylation is 2. The van der Waals surface area contributed by atoms with Crippen LogP contribution in [-0.2, 0) is 11.2 Å². The van der Waals surface area contributed by atoms with E-state index in [4.69, 9.17) is 0 Å². The monoisotopic (exact) mass is 274 g/mol. The maximum atomic E-state index is 10.1. The van der Waals surface area contributed by atoms with Gasteiger partial charge in [-0.3, -0.25) is 0 Å². The third-order valence-electron chi connectivity index (χ3n) is 1.65. The van der Waals surface area contributed by atoms with Gasteiger partial charge < -0.3 is 4.79 Å². The fourth-order valence-electron chi connectivity index (χ4n) is 1.18. The number of carbonyl (C=O) groups excluding carboxylic acids is 1. The first-order chi connectivity index (χ1) is 5.72. The molecular weight excluding hydrogens is 263 g/mol. The second-order valence-corrected chi connectivity index (χ2v) is 4.09. The van der Waals surface area contributed by atoms with E-state index in [0.29, 0.717) is 6.42 Å². The molecule has 1 aromatic rings. The Bertz CT molecular complexity index is 261. The summed E-state index contributed by atoms with van der Waals surface area (Å²) >= 11 is 2.29. The number of hydrogen-bond donors (Lipinski definition) is 0. The van der Waals surface area contributed by atoms with Gasteiger partial charge in [-0.2, -0.15) is 0 Å². The van der Waals surface area contributed by atoms with Crippen molar-refractivity contribution in [2.75, 3.05) is 0 Å². The second-order valence-electron chi connectivity index (χ2n) is 2.84. The maximum absolute atomic E-state index is 10.1. The summed E-state index contributed by atoms with van der Waals surface area (Å²) in [7, 11) is 0. The van der Waals surface area contributed by atoms with Crippen LogP contribution in [0.2, 0.25) is 0 Å². The number of halogens is 1. The molecule has 2 heteroatoms. The summed E-state index contributed by atoms with van der Waals surface area (Å²) in [6.07, 6.45) is 2.45. The third-order valence-corrected chi connectivity index (χ3v) is 2.28. The predicted octanol–water partition coefficient (Wildman–Crippen LogP) is 2.73. The smallest absolute Gasteiger partial charge is 0.120 e. The average molecular weight is 274 g/mol. The van der Waals surface area contributed by atoms with Gasteiger partial charge in [0.05, 0.1) is 0 Å². The fraction of sp³-hybridized carbons (Fsp3) is 0.300. The first kappa shape index (κ1) is 9.71. The van der Waals surface area contributed by atoms with Crippen LogP contribution in [0, 0.1) is 10.5 Å². The Hall–Kier alpha value is -0.380. The van der Waals surface area contributed by atoms with E-state index in [1.165, 1.54) is 14.7 Å². The molecule has 0 fully saturated rings.